The molecule has 3 aromatic heterocycles. The molecule has 0 saturated carbocycles. The highest BCUT2D eigenvalue weighted by atomic mass is 32.1. The number of esters is 1. The Labute approximate surface area is 131 Å². The third-order valence-corrected chi connectivity index (χ3v) is 4.18. The summed E-state index contributed by atoms with van der Waals surface area (Å²) in [6, 6.07) is 5.36. The molecule has 0 radical (unpaired) electrons. The highest BCUT2D eigenvalue weighted by Gasteiger charge is 2.22. The molecule has 0 aliphatic rings. The van der Waals surface area contributed by atoms with Crippen molar-refractivity contribution in [3.8, 4) is 17.2 Å². The van der Waals surface area contributed by atoms with Crippen molar-refractivity contribution in [3.63, 3.8) is 0 Å². The molecule has 0 bridgehead atoms. The summed E-state index contributed by atoms with van der Waals surface area (Å²) in [5.41, 5.74) is 0.457. The standard InChI is InChI=1S/C16H15NO4S/c1-2-3-7-21-16(19)13-14(18)15-10(6-9-22-15)12(17-13)11-5-4-8-20-11/h4-6,8-9,18H,2-3,7H2,1H3. The molecule has 0 spiro atoms. The number of unbranched alkanes of at least 4 members (excludes halogenated alkanes) is 1. The van der Waals surface area contributed by atoms with Gasteiger partial charge in [0.15, 0.2) is 17.2 Å². The van der Waals surface area contributed by atoms with Gasteiger partial charge in [0.05, 0.1) is 17.6 Å². The van der Waals surface area contributed by atoms with E-state index in [1.54, 1.807) is 18.4 Å². The minimum Gasteiger partial charge on any atom is -0.504 e. The van der Waals surface area contributed by atoms with Gasteiger partial charge >= 0.3 is 5.97 Å². The predicted molar refractivity (Wildman–Crippen MR) is 84.2 cm³/mol. The van der Waals surface area contributed by atoms with E-state index in [2.05, 4.69) is 4.98 Å². The van der Waals surface area contributed by atoms with Crippen molar-refractivity contribution >= 4 is 27.4 Å². The highest BCUT2D eigenvalue weighted by molar-refractivity contribution is 7.17. The summed E-state index contributed by atoms with van der Waals surface area (Å²) in [5.74, 6) is -0.207. The molecular weight excluding hydrogens is 302 g/mol. The van der Waals surface area contributed by atoms with Crippen molar-refractivity contribution in [1.29, 1.82) is 0 Å². The fraction of sp³-hybridized carbons (Fsp3) is 0.250. The van der Waals surface area contributed by atoms with Crippen LogP contribution in [-0.2, 0) is 4.74 Å². The Hall–Kier alpha value is -2.34. The summed E-state index contributed by atoms with van der Waals surface area (Å²) >= 11 is 1.35. The number of hydrogen-bond acceptors (Lipinski definition) is 6. The lowest BCUT2D eigenvalue weighted by molar-refractivity contribution is 0.0490. The van der Waals surface area contributed by atoms with Crippen molar-refractivity contribution in [2.24, 2.45) is 0 Å². The average molecular weight is 317 g/mol. The first kappa shape index (κ1) is 14.6. The molecule has 0 saturated heterocycles. The molecule has 3 rings (SSSR count). The number of pyridine rings is 1. The van der Waals surface area contributed by atoms with Gasteiger partial charge in [-0.25, -0.2) is 9.78 Å². The van der Waals surface area contributed by atoms with Crippen LogP contribution in [0.2, 0.25) is 0 Å². The number of hydrogen-bond donors (Lipinski definition) is 1. The Kier molecular flexibility index (Phi) is 4.11. The van der Waals surface area contributed by atoms with Gasteiger partial charge in [-0.15, -0.1) is 11.3 Å². The van der Waals surface area contributed by atoms with Crippen LogP contribution in [0.4, 0.5) is 0 Å². The second kappa shape index (κ2) is 6.19. The van der Waals surface area contributed by atoms with Crippen LogP contribution in [-0.4, -0.2) is 22.7 Å². The predicted octanol–water partition coefficient (Wildman–Crippen LogP) is 4.22. The molecule has 3 heterocycles. The van der Waals surface area contributed by atoms with Crippen LogP contribution in [0, 0.1) is 0 Å². The van der Waals surface area contributed by atoms with Gasteiger partial charge in [-0.3, -0.25) is 0 Å². The van der Waals surface area contributed by atoms with E-state index in [-0.39, 0.29) is 11.4 Å². The van der Waals surface area contributed by atoms with E-state index >= 15 is 0 Å². The van der Waals surface area contributed by atoms with E-state index in [0.717, 1.165) is 18.2 Å². The Morgan fingerprint density at radius 2 is 2.32 bits per heavy atom. The smallest absolute Gasteiger partial charge is 0.360 e. The summed E-state index contributed by atoms with van der Waals surface area (Å²) in [6.07, 6.45) is 3.24. The van der Waals surface area contributed by atoms with Crippen LogP contribution in [0.15, 0.2) is 34.3 Å². The van der Waals surface area contributed by atoms with Crippen LogP contribution < -0.4 is 0 Å². The zero-order valence-corrected chi connectivity index (χ0v) is 12.9. The molecule has 0 fully saturated rings. The van der Waals surface area contributed by atoms with Crippen LogP contribution in [0.5, 0.6) is 5.75 Å². The van der Waals surface area contributed by atoms with Crippen molar-refractivity contribution in [3.05, 3.63) is 35.5 Å². The second-order valence-corrected chi connectivity index (χ2v) is 5.70. The number of carbonyl (C=O) groups excluding carboxylic acids is 1. The third-order valence-electron chi connectivity index (χ3n) is 3.26. The molecule has 0 atom stereocenters. The van der Waals surface area contributed by atoms with Crippen molar-refractivity contribution in [2.75, 3.05) is 6.61 Å². The lowest BCUT2D eigenvalue weighted by Crippen LogP contribution is -2.09. The summed E-state index contributed by atoms with van der Waals surface area (Å²) in [4.78, 5) is 16.4. The Balaban J connectivity index is 2.07. The quantitative estimate of drug-likeness (QED) is 0.563. The van der Waals surface area contributed by atoms with Crippen molar-refractivity contribution in [1.82, 2.24) is 4.98 Å². The summed E-state index contributed by atoms with van der Waals surface area (Å²) in [5, 5.41) is 12.9. The maximum Gasteiger partial charge on any atom is 0.360 e. The van der Waals surface area contributed by atoms with Gasteiger partial charge in [0.2, 0.25) is 0 Å². The van der Waals surface area contributed by atoms with Crippen molar-refractivity contribution in [2.45, 2.75) is 19.8 Å². The molecule has 0 amide bonds. The molecule has 6 heteroatoms. The Morgan fingerprint density at radius 3 is 3.05 bits per heavy atom. The number of carbonyl (C=O) groups is 1. The van der Waals surface area contributed by atoms with E-state index in [0.29, 0.717) is 22.8 Å². The van der Waals surface area contributed by atoms with Crippen LogP contribution >= 0.6 is 11.3 Å². The highest BCUT2D eigenvalue weighted by Crippen LogP contribution is 2.38. The van der Waals surface area contributed by atoms with Crippen LogP contribution in [0.3, 0.4) is 0 Å². The van der Waals surface area contributed by atoms with Gasteiger partial charge in [-0.05, 0) is 30.0 Å². The van der Waals surface area contributed by atoms with E-state index in [4.69, 9.17) is 9.15 Å². The fourth-order valence-electron chi connectivity index (χ4n) is 2.13. The van der Waals surface area contributed by atoms with Crippen molar-refractivity contribution < 1.29 is 19.1 Å². The van der Waals surface area contributed by atoms with Gasteiger partial charge in [0.1, 0.15) is 5.69 Å². The number of fused-ring (bicyclic) bond motifs is 1. The molecule has 5 nitrogen and oxygen atoms in total. The molecular formula is C16H15NO4S. The second-order valence-electron chi connectivity index (χ2n) is 4.79. The first-order chi connectivity index (χ1) is 10.7. The number of ether oxygens (including phenoxy) is 1. The molecule has 114 valence electrons. The minimum absolute atomic E-state index is 0.0718. The number of thiophene rings is 1. The molecule has 22 heavy (non-hydrogen) atoms. The summed E-state index contributed by atoms with van der Waals surface area (Å²) in [7, 11) is 0. The van der Waals surface area contributed by atoms with Gasteiger partial charge in [0.25, 0.3) is 0 Å². The third kappa shape index (κ3) is 2.57. The Bertz CT molecular complexity index is 792. The maximum absolute atomic E-state index is 12.2. The van der Waals surface area contributed by atoms with Gasteiger partial charge in [0, 0.05) is 5.39 Å². The fourth-order valence-corrected chi connectivity index (χ4v) is 2.97. The number of aromatic nitrogens is 1. The largest absolute Gasteiger partial charge is 0.504 e. The van der Waals surface area contributed by atoms with E-state index in [9.17, 15) is 9.90 Å². The molecule has 0 aliphatic heterocycles. The number of aromatic hydroxyl groups is 1. The molecule has 1 N–H and O–H groups in total. The van der Waals surface area contributed by atoms with Crippen LogP contribution in [0.1, 0.15) is 30.3 Å². The molecule has 0 aromatic carbocycles. The number of rotatable bonds is 5. The zero-order chi connectivity index (χ0) is 15.5. The van der Waals surface area contributed by atoms with Gasteiger partial charge in [-0.2, -0.15) is 0 Å². The Morgan fingerprint density at radius 1 is 1.45 bits per heavy atom. The van der Waals surface area contributed by atoms with E-state index < -0.39 is 5.97 Å². The average Bonchev–Trinajstić information content (AvgIpc) is 3.19. The normalized spacial score (nSPS) is 11.0. The first-order valence-electron chi connectivity index (χ1n) is 7.03. The summed E-state index contributed by atoms with van der Waals surface area (Å²) in [6.45, 7) is 2.32. The van der Waals surface area contributed by atoms with Gasteiger partial charge < -0.3 is 14.3 Å². The SMILES string of the molecule is CCCCOC(=O)c1nc(-c2ccco2)c2ccsc2c1O. The maximum atomic E-state index is 12.2. The topological polar surface area (TPSA) is 72.6 Å². The minimum atomic E-state index is -0.617. The lowest BCUT2D eigenvalue weighted by Gasteiger charge is -2.08. The molecule has 0 aliphatic carbocycles. The lowest BCUT2D eigenvalue weighted by atomic mass is 10.1. The molecule has 3 aromatic rings. The number of nitrogens with zero attached hydrogens (tertiary/aromatic N) is 1. The van der Waals surface area contributed by atoms with E-state index in [1.807, 2.05) is 18.4 Å². The summed E-state index contributed by atoms with van der Waals surface area (Å²) < 4.78 is 11.1. The monoisotopic (exact) mass is 317 g/mol. The van der Waals surface area contributed by atoms with Crippen LogP contribution in [0.25, 0.3) is 21.5 Å². The number of furan rings is 1. The molecule has 0 unspecified atom stereocenters. The zero-order valence-electron chi connectivity index (χ0n) is 12.0. The van der Waals surface area contributed by atoms with E-state index in [1.165, 1.54) is 11.3 Å². The van der Waals surface area contributed by atoms with Gasteiger partial charge in [-0.1, -0.05) is 13.3 Å². The first-order valence-corrected chi connectivity index (χ1v) is 7.91.